The van der Waals surface area contributed by atoms with Gasteiger partial charge in [-0.2, -0.15) is 0 Å². The number of morpholine rings is 1. The summed E-state index contributed by atoms with van der Waals surface area (Å²) in [5.41, 5.74) is 7.62. The van der Waals surface area contributed by atoms with Crippen molar-refractivity contribution in [2.75, 3.05) is 55.8 Å². The van der Waals surface area contributed by atoms with E-state index < -0.39 is 0 Å². The van der Waals surface area contributed by atoms with Crippen LogP contribution >= 0.6 is 15.9 Å². The minimum Gasteiger partial charge on any atom is -0.393 e. The Bertz CT molecular complexity index is 677. The first-order chi connectivity index (χ1) is 11.7. The smallest absolute Gasteiger partial charge is 0.159 e. The Morgan fingerprint density at radius 3 is 2.71 bits per heavy atom. The number of rotatable bonds is 6. The summed E-state index contributed by atoms with van der Waals surface area (Å²) in [6, 6.07) is 7.82. The Balaban J connectivity index is 1.61. The van der Waals surface area contributed by atoms with E-state index in [4.69, 9.17) is 10.5 Å². The number of anilines is 4. The fourth-order valence-electron chi connectivity index (χ4n) is 2.48. The predicted molar refractivity (Wildman–Crippen MR) is 99.6 cm³/mol. The largest absolute Gasteiger partial charge is 0.393 e. The first-order valence-electron chi connectivity index (χ1n) is 7.90. The molecule has 0 spiro atoms. The zero-order valence-electron chi connectivity index (χ0n) is 13.3. The van der Waals surface area contributed by atoms with E-state index in [0.717, 1.165) is 49.6 Å². The van der Waals surface area contributed by atoms with Gasteiger partial charge in [-0.15, -0.1) is 0 Å². The van der Waals surface area contributed by atoms with Gasteiger partial charge < -0.3 is 21.1 Å². The zero-order chi connectivity index (χ0) is 16.8. The molecule has 0 unspecified atom stereocenters. The van der Waals surface area contributed by atoms with Gasteiger partial charge in [-0.1, -0.05) is 12.1 Å². The van der Waals surface area contributed by atoms with Crippen LogP contribution in [0.15, 0.2) is 35.1 Å². The fourth-order valence-corrected chi connectivity index (χ4v) is 2.87. The number of ether oxygens (including phenoxy) is 1. The van der Waals surface area contributed by atoms with Gasteiger partial charge >= 0.3 is 0 Å². The molecule has 4 N–H and O–H groups in total. The fraction of sp³-hybridized carbons (Fsp3) is 0.375. The van der Waals surface area contributed by atoms with Crippen LogP contribution in [0.25, 0.3) is 0 Å². The van der Waals surface area contributed by atoms with Crippen LogP contribution in [0.1, 0.15) is 0 Å². The van der Waals surface area contributed by atoms with Crippen molar-refractivity contribution in [1.29, 1.82) is 0 Å². The van der Waals surface area contributed by atoms with Crippen LogP contribution < -0.4 is 16.4 Å². The van der Waals surface area contributed by atoms with Crippen molar-refractivity contribution in [3.8, 4) is 0 Å². The van der Waals surface area contributed by atoms with Crippen molar-refractivity contribution in [1.82, 2.24) is 14.9 Å². The molecule has 0 radical (unpaired) electrons. The lowest BCUT2D eigenvalue weighted by atomic mass is 10.3. The van der Waals surface area contributed by atoms with Gasteiger partial charge in [-0.3, -0.25) is 4.90 Å². The highest BCUT2D eigenvalue weighted by atomic mass is 79.9. The van der Waals surface area contributed by atoms with Crippen molar-refractivity contribution in [3.05, 3.63) is 35.1 Å². The molecule has 3 rings (SSSR count). The van der Waals surface area contributed by atoms with Crippen LogP contribution in [0.2, 0.25) is 0 Å². The second-order valence-electron chi connectivity index (χ2n) is 5.47. The molecular weight excluding hydrogens is 372 g/mol. The molecule has 7 nitrogen and oxygen atoms in total. The second kappa shape index (κ2) is 8.27. The molecule has 2 aromatic rings. The van der Waals surface area contributed by atoms with E-state index in [-0.39, 0.29) is 0 Å². The Morgan fingerprint density at radius 2 is 1.92 bits per heavy atom. The number of nitrogens with zero attached hydrogens (tertiary/aromatic N) is 3. The summed E-state index contributed by atoms with van der Waals surface area (Å²) >= 11 is 3.50. The highest BCUT2D eigenvalue weighted by Crippen LogP contribution is 2.29. The van der Waals surface area contributed by atoms with Crippen LogP contribution in [-0.4, -0.2) is 54.3 Å². The summed E-state index contributed by atoms with van der Waals surface area (Å²) < 4.78 is 6.30. The number of para-hydroxylation sites is 1. The van der Waals surface area contributed by atoms with Gasteiger partial charge in [0.1, 0.15) is 12.0 Å². The van der Waals surface area contributed by atoms with Crippen molar-refractivity contribution in [2.24, 2.45) is 0 Å². The van der Waals surface area contributed by atoms with E-state index in [2.05, 4.69) is 41.4 Å². The Hall–Kier alpha value is -1.90. The first kappa shape index (κ1) is 16.9. The molecule has 1 aliphatic heterocycles. The Kier molecular flexibility index (Phi) is 5.84. The van der Waals surface area contributed by atoms with Crippen LogP contribution in [0.4, 0.5) is 23.0 Å². The average Bonchev–Trinajstić information content (AvgIpc) is 2.61. The minimum atomic E-state index is 0.509. The summed E-state index contributed by atoms with van der Waals surface area (Å²) in [6.45, 7) is 5.24. The van der Waals surface area contributed by atoms with E-state index in [1.54, 1.807) is 0 Å². The third-order valence-electron chi connectivity index (χ3n) is 3.84. The summed E-state index contributed by atoms with van der Waals surface area (Å²) in [7, 11) is 0. The first-order valence-corrected chi connectivity index (χ1v) is 8.69. The van der Waals surface area contributed by atoms with E-state index in [9.17, 15) is 0 Å². The van der Waals surface area contributed by atoms with Crippen LogP contribution in [-0.2, 0) is 4.74 Å². The second-order valence-corrected chi connectivity index (χ2v) is 6.32. The molecule has 0 bridgehead atoms. The number of aromatic nitrogens is 2. The average molecular weight is 393 g/mol. The maximum atomic E-state index is 6.20. The van der Waals surface area contributed by atoms with Gasteiger partial charge in [0.05, 0.1) is 18.9 Å². The molecule has 0 amide bonds. The number of hydrogen-bond donors (Lipinski definition) is 3. The highest BCUT2D eigenvalue weighted by Gasteiger charge is 2.12. The van der Waals surface area contributed by atoms with Gasteiger partial charge in [0.25, 0.3) is 0 Å². The number of nitrogens with two attached hydrogens (primary N) is 1. The number of benzene rings is 1. The number of halogens is 1. The van der Waals surface area contributed by atoms with Crippen LogP contribution in [0.3, 0.4) is 0 Å². The molecule has 1 aliphatic rings. The molecule has 2 heterocycles. The lowest BCUT2D eigenvalue weighted by molar-refractivity contribution is 0.0398. The van der Waals surface area contributed by atoms with Crippen molar-refractivity contribution in [2.45, 2.75) is 0 Å². The summed E-state index contributed by atoms with van der Waals surface area (Å²) in [4.78, 5) is 10.8. The summed E-state index contributed by atoms with van der Waals surface area (Å²) in [6.07, 6.45) is 1.51. The van der Waals surface area contributed by atoms with E-state index in [1.165, 1.54) is 6.33 Å². The van der Waals surface area contributed by atoms with Gasteiger partial charge in [0.2, 0.25) is 0 Å². The molecule has 1 saturated heterocycles. The maximum absolute atomic E-state index is 6.20. The van der Waals surface area contributed by atoms with Gasteiger partial charge in [-0.05, 0) is 28.1 Å². The molecule has 1 aromatic heterocycles. The quantitative estimate of drug-likeness (QED) is 0.694. The lowest BCUT2D eigenvalue weighted by Gasteiger charge is -2.26. The van der Waals surface area contributed by atoms with Crippen LogP contribution in [0, 0.1) is 0 Å². The molecule has 0 aliphatic carbocycles. The molecule has 1 aromatic carbocycles. The SMILES string of the molecule is Nc1c(NCCN2CCOCC2)ncnc1Nc1ccccc1Br. The van der Waals surface area contributed by atoms with Crippen molar-refractivity contribution < 1.29 is 4.74 Å². The monoisotopic (exact) mass is 392 g/mol. The predicted octanol–water partition coefficient (Wildman–Crippen LogP) is 2.31. The Morgan fingerprint density at radius 1 is 1.17 bits per heavy atom. The topological polar surface area (TPSA) is 88.3 Å². The Labute approximate surface area is 149 Å². The standard InChI is InChI=1S/C16H21BrN6O/c17-12-3-1-2-4-13(12)22-16-14(18)15(20-11-21-16)19-5-6-23-7-9-24-10-8-23/h1-4,11H,5-10,18H2,(H2,19,20,21,22). The van der Waals surface area contributed by atoms with Crippen LogP contribution in [0.5, 0.6) is 0 Å². The third kappa shape index (κ3) is 4.34. The number of hydrogen-bond acceptors (Lipinski definition) is 7. The molecule has 24 heavy (non-hydrogen) atoms. The molecule has 0 saturated carbocycles. The third-order valence-corrected chi connectivity index (χ3v) is 4.53. The molecule has 8 heteroatoms. The normalized spacial score (nSPS) is 15.2. The molecular formula is C16H21BrN6O. The van der Waals surface area contributed by atoms with E-state index in [0.29, 0.717) is 17.3 Å². The van der Waals surface area contributed by atoms with E-state index in [1.807, 2.05) is 24.3 Å². The maximum Gasteiger partial charge on any atom is 0.159 e. The molecule has 0 atom stereocenters. The summed E-state index contributed by atoms with van der Waals surface area (Å²) in [5, 5.41) is 6.52. The highest BCUT2D eigenvalue weighted by molar-refractivity contribution is 9.10. The molecule has 128 valence electrons. The zero-order valence-corrected chi connectivity index (χ0v) is 14.9. The van der Waals surface area contributed by atoms with E-state index >= 15 is 0 Å². The number of nitrogens with one attached hydrogen (secondary N) is 2. The van der Waals surface area contributed by atoms with Gasteiger partial charge in [-0.25, -0.2) is 9.97 Å². The van der Waals surface area contributed by atoms with Gasteiger partial charge in [0.15, 0.2) is 11.6 Å². The van der Waals surface area contributed by atoms with Crippen molar-refractivity contribution >= 4 is 38.9 Å². The summed E-state index contributed by atoms with van der Waals surface area (Å²) in [5.74, 6) is 1.23. The van der Waals surface area contributed by atoms with Gasteiger partial charge in [0, 0.05) is 30.7 Å². The lowest BCUT2D eigenvalue weighted by Crippen LogP contribution is -2.39. The molecule has 1 fully saturated rings. The minimum absolute atomic E-state index is 0.509. The number of nitrogen functional groups attached to an aromatic ring is 1. The van der Waals surface area contributed by atoms with Crippen molar-refractivity contribution in [3.63, 3.8) is 0 Å².